The Morgan fingerprint density at radius 3 is 1.09 bits per heavy atom. The molecule has 0 heteroatoms. The minimum atomic E-state index is 0.632. The van der Waals surface area contributed by atoms with Crippen molar-refractivity contribution in [3.63, 3.8) is 0 Å². The molecule has 0 rings (SSSR count). The summed E-state index contributed by atoms with van der Waals surface area (Å²) in [5.41, 5.74) is 8.71. The second-order valence-corrected chi connectivity index (χ2v) is 10.4. The number of allylic oxidation sites excluding steroid dienone is 10. The van der Waals surface area contributed by atoms with E-state index in [0.29, 0.717) is 11.8 Å². The molecule has 0 saturated carbocycles. The lowest BCUT2D eigenvalue weighted by Crippen LogP contribution is -1.95. The molecule has 32 heavy (non-hydrogen) atoms. The number of hydrogen-bond acceptors (Lipinski definition) is 0. The van der Waals surface area contributed by atoms with Gasteiger partial charge >= 0.3 is 0 Å². The van der Waals surface area contributed by atoms with E-state index in [2.05, 4.69) is 92.9 Å². The average molecular weight is 439 g/mol. The van der Waals surface area contributed by atoms with E-state index in [-0.39, 0.29) is 0 Å². The average Bonchev–Trinajstić information content (AvgIpc) is 2.73. The molecule has 0 bridgehead atoms. The van der Waals surface area contributed by atoms with Gasteiger partial charge in [-0.1, -0.05) is 84.7 Å². The quantitative estimate of drug-likeness (QED) is 0.156. The first-order valence-corrected chi connectivity index (χ1v) is 13.0. The van der Waals surface area contributed by atoms with Gasteiger partial charge in [0.1, 0.15) is 0 Å². The van der Waals surface area contributed by atoms with Crippen molar-refractivity contribution in [2.75, 3.05) is 0 Å². The van der Waals surface area contributed by atoms with Gasteiger partial charge in [0.05, 0.1) is 0 Å². The van der Waals surface area contributed by atoms with E-state index in [1.165, 1.54) is 84.8 Å². The normalized spacial score (nSPS) is 15.6. The van der Waals surface area contributed by atoms with Crippen LogP contribution in [0.3, 0.4) is 0 Å². The van der Waals surface area contributed by atoms with Crippen molar-refractivity contribution in [1.82, 2.24) is 0 Å². The molecule has 0 amide bonds. The van der Waals surface area contributed by atoms with Crippen LogP contribution in [-0.2, 0) is 0 Å². The van der Waals surface area contributed by atoms with E-state index < -0.39 is 0 Å². The van der Waals surface area contributed by atoms with Gasteiger partial charge in [0.25, 0.3) is 0 Å². The zero-order chi connectivity index (χ0) is 24.5. The lowest BCUT2D eigenvalue weighted by Gasteiger charge is -2.10. The topological polar surface area (TPSA) is 0 Å². The van der Waals surface area contributed by atoms with E-state index in [4.69, 9.17) is 0 Å². The third kappa shape index (κ3) is 17.0. The van der Waals surface area contributed by atoms with Crippen LogP contribution < -0.4 is 0 Å². The molecule has 2 unspecified atom stereocenters. The maximum atomic E-state index is 4.07. The Bertz CT molecular complexity index is 617. The molecule has 0 saturated heterocycles. The van der Waals surface area contributed by atoms with Crippen LogP contribution >= 0.6 is 0 Å². The van der Waals surface area contributed by atoms with Crippen molar-refractivity contribution in [1.29, 1.82) is 0 Å². The highest BCUT2D eigenvalue weighted by Gasteiger charge is 2.03. The van der Waals surface area contributed by atoms with Gasteiger partial charge in [0.2, 0.25) is 0 Å². The van der Waals surface area contributed by atoms with Gasteiger partial charge < -0.3 is 0 Å². The van der Waals surface area contributed by atoms with E-state index in [9.17, 15) is 0 Å². The van der Waals surface area contributed by atoms with Crippen molar-refractivity contribution >= 4 is 0 Å². The first-order valence-electron chi connectivity index (χ1n) is 13.0. The highest BCUT2D eigenvalue weighted by molar-refractivity contribution is 5.07. The van der Waals surface area contributed by atoms with Gasteiger partial charge in [-0.25, -0.2) is 0 Å². The van der Waals surface area contributed by atoms with Crippen LogP contribution in [0.15, 0.2) is 70.9 Å². The fraction of sp³-hybridized carbons (Fsp3) is 0.625. The molecule has 0 radical (unpaired) electrons. The maximum Gasteiger partial charge on any atom is -0.0234 e. The molecule has 2 atom stereocenters. The monoisotopic (exact) mass is 438 g/mol. The van der Waals surface area contributed by atoms with Gasteiger partial charge in [0, 0.05) is 0 Å². The molecule has 0 aliphatic heterocycles. The molecular formula is C32H54. The summed E-state index contributed by atoms with van der Waals surface area (Å²) in [5, 5.41) is 0. The minimum absolute atomic E-state index is 0.632. The van der Waals surface area contributed by atoms with Crippen molar-refractivity contribution < 1.29 is 0 Å². The Morgan fingerprint density at radius 2 is 0.781 bits per heavy atom. The van der Waals surface area contributed by atoms with Crippen LogP contribution in [0.2, 0.25) is 0 Å². The SMILES string of the molecule is C=C(C)C(C)CC/C(C)=C/CC/C(C)=C/CC/C=C(\C)CC/C=C(\C)CCC(C)C(=C)C. The summed E-state index contributed by atoms with van der Waals surface area (Å²) >= 11 is 0. The maximum absolute atomic E-state index is 4.07. The second kappa shape index (κ2) is 17.9. The van der Waals surface area contributed by atoms with Gasteiger partial charge in [0.15, 0.2) is 0 Å². The standard InChI is InChI=1S/C32H54/c1-25(2)31(9)23-21-29(7)19-13-17-27(5)15-11-12-16-28(6)18-14-20-30(8)22-24-32(10)26(3)4/h15-16,19-20,31-32H,1,3,11-14,17-18,21-24H2,2,4-10H3/b27-15+,28-16+,29-19+,30-20+. The largest absolute Gasteiger partial charge is 0.0999 e. The Balaban J connectivity index is 4.10. The predicted octanol–water partition coefficient (Wildman–Crippen LogP) is 11.1. The van der Waals surface area contributed by atoms with Crippen molar-refractivity contribution in [3.8, 4) is 0 Å². The summed E-state index contributed by atoms with van der Waals surface area (Å²) in [4.78, 5) is 0. The Kier molecular flexibility index (Phi) is 17.1. The molecule has 0 heterocycles. The summed E-state index contributed by atoms with van der Waals surface area (Å²) in [6.07, 6.45) is 21.6. The van der Waals surface area contributed by atoms with Gasteiger partial charge in [-0.15, -0.1) is 0 Å². The molecule has 0 aliphatic rings. The number of hydrogen-bond donors (Lipinski definition) is 0. The highest BCUT2D eigenvalue weighted by atomic mass is 14.1. The molecule has 0 spiro atoms. The molecule has 0 aromatic heterocycles. The van der Waals surface area contributed by atoms with Crippen LogP contribution in [0.5, 0.6) is 0 Å². The lowest BCUT2D eigenvalue weighted by atomic mass is 9.95. The Labute approximate surface area is 202 Å². The molecule has 0 aromatic carbocycles. The molecule has 182 valence electrons. The van der Waals surface area contributed by atoms with E-state index >= 15 is 0 Å². The zero-order valence-corrected chi connectivity index (χ0v) is 22.9. The van der Waals surface area contributed by atoms with Crippen molar-refractivity contribution in [2.24, 2.45) is 11.8 Å². The van der Waals surface area contributed by atoms with Gasteiger partial charge in [-0.2, -0.15) is 0 Å². The summed E-state index contributed by atoms with van der Waals surface area (Å²) < 4.78 is 0. The van der Waals surface area contributed by atoms with Crippen LogP contribution in [-0.4, -0.2) is 0 Å². The molecular weight excluding hydrogens is 384 g/mol. The summed E-state index contributed by atoms with van der Waals surface area (Å²) in [5.74, 6) is 1.26. The predicted molar refractivity (Wildman–Crippen MR) is 149 cm³/mol. The molecule has 0 aromatic rings. The third-order valence-corrected chi connectivity index (χ3v) is 6.84. The van der Waals surface area contributed by atoms with Crippen molar-refractivity contribution in [2.45, 2.75) is 120 Å². The van der Waals surface area contributed by atoms with E-state index in [1.54, 1.807) is 0 Å². The summed E-state index contributed by atoms with van der Waals surface area (Å²) in [6, 6.07) is 0. The zero-order valence-electron chi connectivity index (χ0n) is 22.9. The van der Waals surface area contributed by atoms with Gasteiger partial charge in [-0.3, -0.25) is 0 Å². The fourth-order valence-corrected chi connectivity index (χ4v) is 3.54. The highest BCUT2D eigenvalue weighted by Crippen LogP contribution is 2.20. The van der Waals surface area contributed by atoms with E-state index in [1.807, 2.05) is 0 Å². The fourth-order valence-electron chi connectivity index (χ4n) is 3.54. The molecule has 0 N–H and O–H groups in total. The van der Waals surface area contributed by atoms with Crippen LogP contribution in [0.4, 0.5) is 0 Å². The summed E-state index contributed by atoms with van der Waals surface area (Å²) in [7, 11) is 0. The number of rotatable bonds is 17. The number of unbranched alkanes of at least 4 members (excludes halogenated alkanes) is 1. The lowest BCUT2D eigenvalue weighted by molar-refractivity contribution is 0.611. The molecule has 0 aliphatic carbocycles. The minimum Gasteiger partial charge on any atom is -0.0999 e. The van der Waals surface area contributed by atoms with Crippen LogP contribution in [0.1, 0.15) is 120 Å². The van der Waals surface area contributed by atoms with Gasteiger partial charge in [-0.05, 0) is 118 Å². The Morgan fingerprint density at radius 1 is 0.500 bits per heavy atom. The van der Waals surface area contributed by atoms with Crippen LogP contribution in [0.25, 0.3) is 0 Å². The molecule has 0 fully saturated rings. The molecule has 0 nitrogen and oxygen atoms in total. The summed E-state index contributed by atoms with van der Waals surface area (Å²) in [6.45, 7) is 26.1. The smallest absolute Gasteiger partial charge is 0.0234 e. The third-order valence-electron chi connectivity index (χ3n) is 6.84. The second-order valence-electron chi connectivity index (χ2n) is 10.4. The first-order chi connectivity index (χ1) is 15.0. The van der Waals surface area contributed by atoms with Crippen LogP contribution in [0, 0.1) is 11.8 Å². The first kappa shape index (κ1) is 30.4. The Hall–Kier alpha value is -1.56. The van der Waals surface area contributed by atoms with Crippen molar-refractivity contribution in [3.05, 3.63) is 70.9 Å². The van der Waals surface area contributed by atoms with E-state index in [0.717, 1.165) is 12.8 Å².